The molecule has 158 valence electrons. The molecule has 30 heavy (non-hydrogen) atoms. The van der Waals surface area contributed by atoms with Gasteiger partial charge in [0.25, 0.3) is 0 Å². The number of carbonyl (C=O) groups excluding carboxylic acids is 2. The number of hydrogen-bond acceptors (Lipinski definition) is 3. The molecule has 0 spiro atoms. The maximum Gasteiger partial charge on any atom is 0.419 e. The van der Waals surface area contributed by atoms with Crippen LogP contribution in [-0.4, -0.2) is 29.8 Å². The largest absolute Gasteiger partial charge is 0.457 e. The molecule has 2 aromatic carbocycles. The van der Waals surface area contributed by atoms with Gasteiger partial charge < -0.3 is 15.0 Å². The summed E-state index contributed by atoms with van der Waals surface area (Å²) < 4.78 is 57.3. The number of amides is 2. The Morgan fingerprint density at radius 1 is 1.13 bits per heavy atom. The quantitative estimate of drug-likeness (QED) is 0.589. The van der Waals surface area contributed by atoms with E-state index < -0.39 is 23.5 Å². The minimum atomic E-state index is -4.78. The molecule has 9 heteroatoms. The van der Waals surface area contributed by atoms with Crippen molar-refractivity contribution >= 4 is 11.8 Å². The summed E-state index contributed by atoms with van der Waals surface area (Å²) in [6.45, 7) is 3.94. The van der Waals surface area contributed by atoms with E-state index in [0.29, 0.717) is 30.8 Å². The predicted molar refractivity (Wildman–Crippen MR) is 100 cm³/mol. The van der Waals surface area contributed by atoms with Crippen molar-refractivity contribution < 1.29 is 31.9 Å². The molecule has 1 N–H and O–H groups in total. The summed E-state index contributed by atoms with van der Waals surface area (Å²) in [6.07, 6.45) is -3.10. The summed E-state index contributed by atoms with van der Waals surface area (Å²) in [4.78, 5) is 25.1. The van der Waals surface area contributed by atoms with Crippen molar-refractivity contribution in [1.82, 2.24) is 10.2 Å². The van der Waals surface area contributed by atoms with E-state index in [1.165, 1.54) is 0 Å². The first-order chi connectivity index (χ1) is 14.2. The average molecular weight is 422 g/mol. The fraction of sp³-hybridized carbons (Fsp3) is 0.238. The van der Waals surface area contributed by atoms with Gasteiger partial charge in [-0.15, -0.1) is 0 Å². The smallest absolute Gasteiger partial charge is 0.419 e. The van der Waals surface area contributed by atoms with Crippen LogP contribution in [0, 0.1) is 5.82 Å². The van der Waals surface area contributed by atoms with E-state index in [-0.39, 0.29) is 24.7 Å². The Morgan fingerprint density at radius 2 is 1.83 bits per heavy atom. The number of fused-ring (bicyclic) bond motifs is 1. The third-order valence-electron chi connectivity index (χ3n) is 4.62. The summed E-state index contributed by atoms with van der Waals surface area (Å²) >= 11 is 0. The van der Waals surface area contributed by atoms with E-state index in [4.69, 9.17) is 4.74 Å². The van der Waals surface area contributed by atoms with Crippen LogP contribution in [0.2, 0.25) is 0 Å². The summed E-state index contributed by atoms with van der Waals surface area (Å²) in [7, 11) is 0. The molecule has 0 aliphatic carbocycles. The van der Waals surface area contributed by atoms with E-state index in [1.807, 2.05) is 0 Å². The van der Waals surface area contributed by atoms with E-state index >= 15 is 0 Å². The van der Waals surface area contributed by atoms with Gasteiger partial charge in [-0.2, -0.15) is 13.2 Å². The zero-order chi connectivity index (χ0) is 21.9. The lowest BCUT2D eigenvalue weighted by atomic mass is 9.99. The monoisotopic (exact) mass is 422 g/mol. The third-order valence-corrected chi connectivity index (χ3v) is 4.62. The van der Waals surface area contributed by atoms with Crippen LogP contribution in [0.3, 0.4) is 0 Å². The normalized spacial score (nSPS) is 13.4. The third kappa shape index (κ3) is 4.97. The second-order valence-corrected chi connectivity index (χ2v) is 6.66. The van der Waals surface area contributed by atoms with Crippen LogP contribution in [0.4, 0.5) is 17.6 Å². The molecule has 0 unspecified atom stereocenters. The van der Waals surface area contributed by atoms with Crippen LogP contribution in [0.25, 0.3) is 0 Å². The van der Waals surface area contributed by atoms with E-state index in [2.05, 4.69) is 11.9 Å². The van der Waals surface area contributed by atoms with Gasteiger partial charge in [0.1, 0.15) is 17.3 Å². The number of benzene rings is 2. The lowest BCUT2D eigenvalue weighted by molar-refractivity contribution is -0.140. The maximum atomic E-state index is 13.7. The first-order valence-corrected chi connectivity index (χ1v) is 9.02. The van der Waals surface area contributed by atoms with E-state index in [9.17, 15) is 27.2 Å². The highest BCUT2D eigenvalue weighted by Crippen LogP contribution is 2.34. The van der Waals surface area contributed by atoms with Gasteiger partial charge in [-0.3, -0.25) is 9.59 Å². The molecule has 3 rings (SSSR count). The number of rotatable bonds is 5. The molecule has 1 aliphatic heterocycles. The van der Waals surface area contributed by atoms with Gasteiger partial charge in [0.15, 0.2) is 0 Å². The highest BCUT2D eigenvalue weighted by molar-refractivity contribution is 5.90. The number of carbonyl (C=O) groups is 2. The van der Waals surface area contributed by atoms with Crippen molar-refractivity contribution in [2.24, 2.45) is 0 Å². The maximum absolute atomic E-state index is 13.7. The van der Waals surface area contributed by atoms with Crippen LogP contribution < -0.4 is 10.1 Å². The van der Waals surface area contributed by atoms with Gasteiger partial charge in [-0.1, -0.05) is 12.6 Å². The fourth-order valence-electron chi connectivity index (χ4n) is 3.08. The minimum Gasteiger partial charge on any atom is -0.457 e. The van der Waals surface area contributed by atoms with Crippen LogP contribution in [-0.2, 0) is 28.7 Å². The van der Waals surface area contributed by atoms with Crippen LogP contribution in [0.15, 0.2) is 49.1 Å². The Labute approximate surface area is 169 Å². The van der Waals surface area contributed by atoms with E-state index in [0.717, 1.165) is 23.3 Å². The first kappa shape index (κ1) is 21.4. The molecule has 2 aromatic rings. The lowest BCUT2D eigenvalue weighted by Gasteiger charge is -2.29. The predicted octanol–water partition coefficient (Wildman–Crippen LogP) is 3.82. The molecule has 0 fully saturated rings. The van der Waals surface area contributed by atoms with Crippen molar-refractivity contribution in [1.29, 1.82) is 0 Å². The van der Waals surface area contributed by atoms with Crippen molar-refractivity contribution in [2.45, 2.75) is 19.1 Å². The molecule has 0 radical (unpaired) electrons. The number of halogens is 4. The Hall–Kier alpha value is -3.36. The lowest BCUT2D eigenvalue weighted by Crippen LogP contribution is -2.42. The van der Waals surface area contributed by atoms with Gasteiger partial charge in [0.05, 0.1) is 12.1 Å². The van der Waals surface area contributed by atoms with Crippen molar-refractivity contribution in [2.75, 3.05) is 13.1 Å². The molecule has 5 nitrogen and oxygen atoms in total. The van der Waals surface area contributed by atoms with Gasteiger partial charge in [-0.05, 0) is 47.9 Å². The van der Waals surface area contributed by atoms with Gasteiger partial charge in [0, 0.05) is 19.2 Å². The molecule has 1 aliphatic rings. The summed E-state index contributed by atoms with van der Waals surface area (Å²) in [5.74, 6) is -1.89. The summed E-state index contributed by atoms with van der Waals surface area (Å²) in [5.41, 5.74) is 0.438. The number of nitrogens with zero attached hydrogens (tertiary/aromatic N) is 1. The van der Waals surface area contributed by atoms with Gasteiger partial charge in [0.2, 0.25) is 11.8 Å². The number of alkyl halides is 3. The highest BCUT2D eigenvalue weighted by Gasteiger charge is 2.34. The molecule has 0 atom stereocenters. The Morgan fingerprint density at radius 3 is 2.50 bits per heavy atom. The Balaban J connectivity index is 1.71. The molecule has 1 heterocycles. The Kier molecular flexibility index (Phi) is 6.09. The second kappa shape index (κ2) is 8.56. The molecule has 2 amide bonds. The Bertz CT molecular complexity index is 989. The van der Waals surface area contributed by atoms with Crippen molar-refractivity contribution in [3.63, 3.8) is 0 Å². The molecular formula is C21H18F4N2O3. The number of nitrogens with one attached hydrogen (secondary N) is 1. The van der Waals surface area contributed by atoms with E-state index in [1.54, 1.807) is 23.1 Å². The molecule has 0 saturated carbocycles. The summed E-state index contributed by atoms with van der Waals surface area (Å²) in [6, 6.07) is 7.44. The van der Waals surface area contributed by atoms with Crippen LogP contribution >= 0.6 is 0 Å². The van der Waals surface area contributed by atoms with Crippen molar-refractivity contribution in [3.8, 4) is 11.5 Å². The van der Waals surface area contributed by atoms with Gasteiger partial charge in [-0.25, -0.2) is 4.39 Å². The number of hydrogen-bond donors (Lipinski definition) is 1. The van der Waals surface area contributed by atoms with Crippen LogP contribution in [0.1, 0.15) is 16.7 Å². The summed E-state index contributed by atoms with van der Waals surface area (Å²) in [5, 5.41) is 2.43. The fourth-order valence-corrected chi connectivity index (χ4v) is 3.08. The van der Waals surface area contributed by atoms with Gasteiger partial charge >= 0.3 is 6.18 Å². The minimum absolute atomic E-state index is 0.0728. The molecule has 0 aromatic heterocycles. The first-order valence-electron chi connectivity index (χ1n) is 9.02. The zero-order valence-electron chi connectivity index (χ0n) is 15.8. The zero-order valence-corrected chi connectivity index (χ0v) is 15.8. The van der Waals surface area contributed by atoms with Crippen LogP contribution in [0.5, 0.6) is 11.5 Å². The molecule has 0 bridgehead atoms. The highest BCUT2D eigenvalue weighted by atomic mass is 19.4. The van der Waals surface area contributed by atoms with Crippen molar-refractivity contribution in [3.05, 3.63) is 71.6 Å². The second-order valence-electron chi connectivity index (χ2n) is 6.66. The average Bonchev–Trinajstić information content (AvgIpc) is 2.70. The molecular weight excluding hydrogens is 404 g/mol. The number of ether oxygens (including phenoxy) is 1. The topological polar surface area (TPSA) is 58.6 Å². The SMILES string of the molecule is C=CC(=O)NCC(=O)N1CCc2ccc(Oc3ccc(C(F)(F)F)c(F)c3)cc2C1. The standard InChI is InChI=1S/C21H18F4N2O3/c1-2-19(28)26-11-20(29)27-8-7-13-3-4-15(9-14(13)12-27)30-16-5-6-17(18(22)10-16)21(23,24)25/h2-6,9-10H,1,7-8,11-12H2,(H,26,28). The molecule has 0 saturated heterocycles.